The number of phenols is 1. The molecule has 0 heterocycles. The highest BCUT2D eigenvalue weighted by molar-refractivity contribution is 5.43. The molecule has 30 heavy (non-hydrogen) atoms. The van der Waals surface area contributed by atoms with Gasteiger partial charge < -0.3 is 10.2 Å². The maximum absolute atomic E-state index is 10.8. The number of aliphatic hydroxyl groups excluding tert-OH is 1. The van der Waals surface area contributed by atoms with E-state index in [1.54, 1.807) is 5.57 Å². The Bertz CT molecular complexity index is 832. The number of rotatable bonds is 4. The molecule has 2 N–H and O–H groups in total. The third-order valence-corrected chi connectivity index (χ3v) is 10.2. The summed E-state index contributed by atoms with van der Waals surface area (Å²) in [4.78, 5) is 0. The van der Waals surface area contributed by atoms with Crippen molar-refractivity contribution in [2.75, 3.05) is 0 Å². The van der Waals surface area contributed by atoms with Crippen molar-refractivity contribution >= 4 is 0 Å². The molecule has 0 amide bonds. The van der Waals surface area contributed by atoms with Gasteiger partial charge in [0.15, 0.2) is 0 Å². The van der Waals surface area contributed by atoms with Gasteiger partial charge in [0.05, 0.1) is 6.10 Å². The summed E-state index contributed by atoms with van der Waals surface area (Å²) in [7, 11) is 0. The van der Waals surface area contributed by atoms with Crippen LogP contribution in [0.5, 0.6) is 5.75 Å². The molecule has 6 aliphatic rings. The monoisotopic (exact) mass is 406 g/mol. The lowest BCUT2D eigenvalue weighted by Gasteiger charge is -2.57. The molecule has 3 atom stereocenters. The fourth-order valence-corrected chi connectivity index (χ4v) is 8.81. The summed E-state index contributed by atoms with van der Waals surface area (Å²) in [6.07, 6.45) is 17.2. The minimum Gasteiger partial charge on any atom is -0.508 e. The number of hydrogen-bond acceptors (Lipinski definition) is 2. The van der Waals surface area contributed by atoms with Crippen LogP contribution in [-0.2, 0) is 11.8 Å². The Balaban J connectivity index is 1.19. The van der Waals surface area contributed by atoms with Crippen molar-refractivity contribution < 1.29 is 10.2 Å². The van der Waals surface area contributed by atoms with Crippen molar-refractivity contribution in [2.24, 2.45) is 29.1 Å². The summed E-state index contributed by atoms with van der Waals surface area (Å²) in [5.41, 5.74) is 4.66. The Morgan fingerprint density at radius 1 is 0.967 bits per heavy atom. The van der Waals surface area contributed by atoms with Gasteiger partial charge >= 0.3 is 0 Å². The van der Waals surface area contributed by atoms with Crippen LogP contribution in [0.3, 0.4) is 0 Å². The molecule has 0 aromatic heterocycles. The lowest BCUT2D eigenvalue weighted by Crippen LogP contribution is -2.48. The van der Waals surface area contributed by atoms with Crippen molar-refractivity contribution in [2.45, 2.75) is 95.5 Å². The third-order valence-electron chi connectivity index (χ3n) is 10.2. The molecule has 5 fully saturated rings. The van der Waals surface area contributed by atoms with Crippen molar-refractivity contribution in [3.8, 4) is 5.75 Å². The zero-order valence-corrected chi connectivity index (χ0v) is 18.6. The Hall–Kier alpha value is -1.28. The van der Waals surface area contributed by atoms with Crippen LogP contribution >= 0.6 is 0 Å². The predicted octanol–water partition coefficient (Wildman–Crippen LogP) is 6.29. The number of phenolic OH excluding ortho intramolecular Hbond substituents is 1. The molecule has 2 heteroatoms. The molecular formula is C28H38O2. The fraction of sp³-hybridized carbons (Fsp3) is 0.714. The van der Waals surface area contributed by atoms with Gasteiger partial charge in [-0.1, -0.05) is 30.7 Å². The van der Waals surface area contributed by atoms with Gasteiger partial charge in [-0.15, -0.1) is 0 Å². The van der Waals surface area contributed by atoms with Crippen LogP contribution in [0.4, 0.5) is 0 Å². The highest BCUT2D eigenvalue weighted by Gasteiger charge is 2.52. The first-order chi connectivity index (χ1) is 14.4. The second kappa shape index (κ2) is 6.86. The number of fused-ring (bicyclic) bond motifs is 1. The first kappa shape index (κ1) is 19.4. The van der Waals surface area contributed by atoms with Crippen molar-refractivity contribution in [1.82, 2.24) is 0 Å². The maximum Gasteiger partial charge on any atom is 0.119 e. The van der Waals surface area contributed by atoms with E-state index >= 15 is 0 Å². The van der Waals surface area contributed by atoms with Gasteiger partial charge in [-0.2, -0.15) is 0 Å². The lowest BCUT2D eigenvalue weighted by molar-refractivity contribution is -0.00616. The van der Waals surface area contributed by atoms with Crippen LogP contribution in [0.2, 0.25) is 0 Å². The highest BCUT2D eigenvalue weighted by atomic mass is 16.3. The Morgan fingerprint density at radius 3 is 2.37 bits per heavy atom. The van der Waals surface area contributed by atoms with E-state index in [0.717, 1.165) is 43.4 Å². The molecule has 2 nitrogen and oxygen atoms in total. The summed E-state index contributed by atoms with van der Waals surface area (Å²) in [6.45, 7) is 2.29. The zero-order valence-electron chi connectivity index (χ0n) is 18.6. The SMILES string of the molecule is C[C@]12CC=C(CCc3ccc(O)c(C45CC6CC(CC(C6)C4)C5)c3)C[C@@H]1CC[C@@H]2O. The van der Waals surface area contributed by atoms with E-state index in [1.807, 2.05) is 6.07 Å². The van der Waals surface area contributed by atoms with Crippen LogP contribution in [0, 0.1) is 29.1 Å². The molecule has 1 aromatic rings. The minimum atomic E-state index is -0.111. The largest absolute Gasteiger partial charge is 0.508 e. The van der Waals surface area contributed by atoms with Gasteiger partial charge in [-0.25, -0.2) is 0 Å². The van der Waals surface area contributed by atoms with Crippen LogP contribution in [0.1, 0.15) is 88.7 Å². The number of hydrogen-bond donors (Lipinski definition) is 2. The Morgan fingerprint density at radius 2 is 1.67 bits per heavy atom. The van der Waals surface area contributed by atoms with Crippen molar-refractivity contribution in [3.05, 3.63) is 41.0 Å². The van der Waals surface area contributed by atoms with Crippen molar-refractivity contribution in [3.63, 3.8) is 0 Å². The van der Waals surface area contributed by atoms with E-state index in [9.17, 15) is 10.2 Å². The first-order valence-electron chi connectivity index (χ1n) is 12.6. The molecule has 6 aliphatic carbocycles. The van der Waals surface area contributed by atoms with E-state index in [1.165, 1.54) is 62.5 Å². The molecule has 4 bridgehead atoms. The molecule has 5 saturated carbocycles. The highest BCUT2D eigenvalue weighted by Crippen LogP contribution is 2.62. The number of aliphatic hydroxyl groups is 1. The van der Waals surface area contributed by atoms with Gasteiger partial charge in [0, 0.05) is 11.0 Å². The van der Waals surface area contributed by atoms with Gasteiger partial charge in [-0.3, -0.25) is 0 Å². The average Bonchev–Trinajstić information content (AvgIpc) is 3.00. The van der Waals surface area contributed by atoms with Crippen LogP contribution in [0.25, 0.3) is 0 Å². The summed E-state index contributed by atoms with van der Waals surface area (Å²) < 4.78 is 0. The molecule has 1 aromatic carbocycles. The lowest BCUT2D eigenvalue weighted by atomic mass is 9.48. The number of allylic oxidation sites excluding steroid dienone is 2. The fourth-order valence-electron chi connectivity index (χ4n) is 8.81. The minimum absolute atomic E-state index is 0.111. The molecule has 162 valence electrons. The molecule has 0 saturated heterocycles. The quantitative estimate of drug-likeness (QED) is 0.577. The summed E-state index contributed by atoms with van der Waals surface area (Å²) in [5, 5.41) is 21.2. The predicted molar refractivity (Wildman–Crippen MR) is 120 cm³/mol. The molecule has 0 radical (unpaired) electrons. The molecule has 0 spiro atoms. The normalized spacial score (nSPS) is 44.2. The van der Waals surface area contributed by atoms with E-state index in [2.05, 4.69) is 25.1 Å². The van der Waals surface area contributed by atoms with Crippen LogP contribution in [-0.4, -0.2) is 16.3 Å². The van der Waals surface area contributed by atoms with E-state index in [4.69, 9.17) is 0 Å². The first-order valence-corrected chi connectivity index (χ1v) is 12.6. The summed E-state index contributed by atoms with van der Waals surface area (Å²) in [5.74, 6) is 3.93. The van der Waals surface area contributed by atoms with Gasteiger partial charge in [0.25, 0.3) is 0 Å². The van der Waals surface area contributed by atoms with E-state index in [0.29, 0.717) is 11.7 Å². The van der Waals surface area contributed by atoms with E-state index in [-0.39, 0.29) is 16.9 Å². The topological polar surface area (TPSA) is 40.5 Å². The number of benzene rings is 1. The van der Waals surface area contributed by atoms with Crippen LogP contribution < -0.4 is 0 Å². The Kier molecular flexibility index (Phi) is 4.44. The second-order valence-electron chi connectivity index (χ2n) is 12.1. The van der Waals surface area contributed by atoms with Gasteiger partial charge in [0.2, 0.25) is 0 Å². The third kappa shape index (κ3) is 3.00. The second-order valence-corrected chi connectivity index (χ2v) is 12.1. The zero-order chi connectivity index (χ0) is 20.5. The molecule has 7 rings (SSSR count). The number of aromatic hydroxyl groups is 1. The van der Waals surface area contributed by atoms with E-state index < -0.39 is 0 Å². The smallest absolute Gasteiger partial charge is 0.119 e. The summed E-state index contributed by atoms with van der Waals surface area (Å²) >= 11 is 0. The maximum atomic E-state index is 10.8. The standard InChI is InChI=1S/C28H38O2/c1-27-9-8-19(13-23(27)5-7-26(27)30)3-2-18-4-6-25(29)24(14-18)28-15-20-10-21(16-28)12-22(11-20)17-28/h4,6,8,14,20-23,26,29-30H,2-3,5,7,9-13,15-17H2,1H3/t20?,21?,22?,23-,26-,27-,28?/m0/s1. The molecule has 0 aliphatic heterocycles. The number of aryl methyl sites for hydroxylation is 1. The molecular weight excluding hydrogens is 368 g/mol. The van der Waals surface area contributed by atoms with Crippen LogP contribution in [0.15, 0.2) is 29.8 Å². The molecule has 0 unspecified atom stereocenters. The summed E-state index contributed by atoms with van der Waals surface area (Å²) in [6, 6.07) is 6.53. The van der Waals surface area contributed by atoms with Gasteiger partial charge in [-0.05, 0) is 118 Å². The van der Waals surface area contributed by atoms with Crippen molar-refractivity contribution in [1.29, 1.82) is 0 Å². The average molecular weight is 407 g/mol. The van der Waals surface area contributed by atoms with Gasteiger partial charge in [0.1, 0.15) is 5.75 Å². The Labute approximate surface area is 181 Å².